The van der Waals surface area contributed by atoms with Gasteiger partial charge in [0.15, 0.2) is 0 Å². The van der Waals surface area contributed by atoms with Crippen molar-refractivity contribution in [1.29, 1.82) is 0 Å². The fourth-order valence-corrected chi connectivity index (χ4v) is 2.55. The average molecular weight is 314 g/mol. The van der Waals surface area contributed by atoms with Crippen LogP contribution in [0.5, 0.6) is 0 Å². The molecule has 2 aromatic heterocycles. The van der Waals surface area contributed by atoms with Crippen molar-refractivity contribution in [1.82, 2.24) is 25.3 Å². The third-order valence-corrected chi connectivity index (χ3v) is 3.41. The first-order valence-electron chi connectivity index (χ1n) is 6.60. The van der Waals surface area contributed by atoms with Crippen LogP contribution in [-0.2, 0) is 6.54 Å². The molecule has 7 heteroatoms. The number of nitrogens with zero attached hydrogens (tertiary/aromatic N) is 4. The van der Waals surface area contributed by atoms with Crippen molar-refractivity contribution in [2.24, 2.45) is 0 Å². The molecule has 2 heterocycles. The maximum Gasteiger partial charge on any atom is 0.0953 e. The van der Waals surface area contributed by atoms with Crippen LogP contribution < -0.4 is 5.32 Å². The number of nitrogens with one attached hydrogen (secondary N) is 1. The second-order valence-corrected chi connectivity index (χ2v) is 5.24. The van der Waals surface area contributed by atoms with Crippen molar-refractivity contribution in [3.8, 4) is 0 Å². The van der Waals surface area contributed by atoms with Crippen molar-refractivity contribution in [2.45, 2.75) is 32.9 Å². The highest BCUT2D eigenvalue weighted by Gasteiger charge is 2.22. The molecule has 0 aromatic carbocycles. The number of aryl methyl sites for hydroxylation is 1. The lowest BCUT2D eigenvalue weighted by Crippen LogP contribution is -2.26. The van der Waals surface area contributed by atoms with E-state index < -0.39 is 0 Å². The lowest BCUT2D eigenvalue weighted by atomic mass is 10.1. The molecule has 0 fully saturated rings. The van der Waals surface area contributed by atoms with Crippen LogP contribution in [0.25, 0.3) is 0 Å². The van der Waals surface area contributed by atoms with Gasteiger partial charge < -0.3 is 5.32 Å². The largest absolute Gasteiger partial charge is 0.304 e. The first kappa shape index (κ1) is 15.2. The SMILES string of the molecule is CCCn1nncc1C(NCC)c1ncc(Cl)cc1Cl. The first-order chi connectivity index (χ1) is 9.67. The van der Waals surface area contributed by atoms with Crippen molar-refractivity contribution >= 4 is 23.2 Å². The van der Waals surface area contributed by atoms with Gasteiger partial charge in [-0.05, 0) is 19.0 Å². The van der Waals surface area contributed by atoms with Gasteiger partial charge in [0.1, 0.15) is 0 Å². The second-order valence-electron chi connectivity index (χ2n) is 4.39. The molecule has 0 saturated heterocycles. The third kappa shape index (κ3) is 3.29. The molecule has 2 aromatic rings. The van der Waals surface area contributed by atoms with E-state index in [1.807, 2.05) is 11.6 Å². The minimum atomic E-state index is -0.147. The Bertz CT molecular complexity index is 570. The summed E-state index contributed by atoms with van der Waals surface area (Å²) >= 11 is 12.2. The van der Waals surface area contributed by atoms with Crippen molar-refractivity contribution in [3.05, 3.63) is 39.9 Å². The van der Waals surface area contributed by atoms with Crippen molar-refractivity contribution < 1.29 is 0 Å². The lowest BCUT2D eigenvalue weighted by molar-refractivity contribution is 0.506. The van der Waals surface area contributed by atoms with E-state index in [1.54, 1.807) is 18.5 Å². The molecular weight excluding hydrogens is 297 g/mol. The maximum absolute atomic E-state index is 6.27. The molecule has 2 rings (SSSR count). The molecule has 0 saturated carbocycles. The predicted molar refractivity (Wildman–Crippen MR) is 80.1 cm³/mol. The van der Waals surface area contributed by atoms with Crippen LogP contribution in [0.4, 0.5) is 0 Å². The van der Waals surface area contributed by atoms with Crippen molar-refractivity contribution in [3.63, 3.8) is 0 Å². The van der Waals surface area contributed by atoms with Gasteiger partial charge in [0, 0.05) is 12.7 Å². The molecule has 0 radical (unpaired) electrons. The summed E-state index contributed by atoms with van der Waals surface area (Å²) in [4.78, 5) is 4.36. The van der Waals surface area contributed by atoms with Gasteiger partial charge in [-0.25, -0.2) is 4.68 Å². The molecule has 0 aliphatic carbocycles. The molecule has 20 heavy (non-hydrogen) atoms. The molecule has 0 aliphatic heterocycles. The Labute approximate surface area is 128 Å². The summed E-state index contributed by atoms with van der Waals surface area (Å²) in [6.07, 6.45) is 4.33. The fourth-order valence-electron chi connectivity index (χ4n) is 2.06. The Morgan fingerprint density at radius 2 is 2.10 bits per heavy atom. The van der Waals surface area contributed by atoms with Gasteiger partial charge in [0.05, 0.1) is 33.7 Å². The molecular formula is C13H17Cl2N5. The van der Waals surface area contributed by atoms with Crippen LogP contribution in [0.15, 0.2) is 18.5 Å². The Balaban J connectivity index is 2.42. The van der Waals surface area contributed by atoms with Crippen LogP contribution >= 0.6 is 23.2 Å². The zero-order chi connectivity index (χ0) is 14.5. The van der Waals surface area contributed by atoms with E-state index in [1.165, 1.54) is 0 Å². The van der Waals surface area contributed by atoms with E-state index >= 15 is 0 Å². The zero-order valence-electron chi connectivity index (χ0n) is 11.5. The predicted octanol–water partition coefficient (Wildman–Crippen LogP) is 3.09. The van der Waals surface area contributed by atoms with Crippen LogP contribution in [-0.4, -0.2) is 26.5 Å². The van der Waals surface area contributed by atoms with E-state index in [0.717, 1.165) is 30.9 Å². The van der Waals surface area contributed by atoms with E-state index in [-0.39, 0.29) is 6.04 Å². The highest BCUT2D eigenvalue weighted by atomic mass is 35.5. The van der Waals surface area contributed by atoms with Crippen LogP contribution in [0, 0.1) is 0 Å². The topological polar surface area (TPSA) is 55.6 Å². The monoisotopic (exact) mass is 313 g/mol. The van der Waals surface area contributed by atoms with Gasteiger partial charge in [-0.3, -0.25) is 4.98 Å². The van der Waals surface area contributed by atoms with Crippen LogP contribution in [0.1, 0.15) is 37.7 Å². The van der Waals surface area contributed by atoms with Gasteiger partial charge >= 0.3 is 0 Å². The molecule has 5 nitrogen and oxygen atoms in total. The van der Waals surface area contributed by atoms with E-state index in [4.69, 9.17) is 23.2 Å². The third-order valence-electron chi connectivity index (χ3n) is 2.90. The molecule has 108 valence electrons. The minimum Gasteiger partial charge on any atom is -0.304 e. The number of pyridine rings is 1. The normalized spacial score (nSPS) is 12.6. The molecule has 1 unspecified atom stereocenters. The minimum absolute atomic E-state index is 0.147. The Hall–Kier alpha value is -1.17. The quantitative estimate of drug-likeness (QED) is 0.890. The number of halogens is 2. The second kappa shape index (κ2) is 7.02. The summed E-state index contributed by atoms with van der Waals surface area (Å²) < 4.78 is 1.87. The molecule has 1 N–H and O–H groups in total. The summed E-state index contributed by atoms with van der Waals surface area (Å²) in [5, 5.41) is 12.5. The number of hydrogen-bond donors (Lipinski definition) is 1. The van der Waals surface area contributed by atoms with E-state index in [9.17, 15) is 0 Å². The Morgan fingerprint density at radius 3 is 2.75 bits per heavy atom. The Kier molecular flexibility index (Phi) is 5.34. The number of rotatable bonds is 6. The summed E-state index contributed by atoms with van der Waals surface area (Å²) in [5.74, 6) is 0. The van der Waals surface area contributed by atoms with Gasteiger partial charge in [0.25, 0.3) is 0 Å². The molecule has 0 amide bonds. The molecule has 0 aliphatic rings. The van der Waals surface area contributed by atoms with E-state index in [0.29, 0.717) is 10.0 Å². The molecule has 1 atom stereocenters. The summed E-state index contributed by atoms with van der Waals surface area (Å²) in [7, 11) is 0. The summed E-state index contributed by atoms with van der Waals surface area (Å²) in [5.41, 5.74) is 1.68. The van der Waals surface area contributed by atoms with Crippen LogP contribution in [0.3, 0.4) is 0 Å². The fraction of sp³-hybridized carbons (Fsp3) is 0.462. The standard InChI is InChI=1S/C13H17Cl2N5/c1-3-5-20-11(8-18-19-20)13(16-4-2)12-10(15)6-9(14)7-17-12/h6-8,13,16H,3-5H2,1-2H3. The van der Waals surface area contributed by atoms with Gasteiger partial charge in [0.2, 0.25) is 0 Å². The number of aromatic nitrogens is 4. The Morgan fingerprint density at radius 1 is 1.30 bits per heavy atom. The van der Waals surface area contributed by atoms with E-state index in [2.05, 4.69) is 27.5 Å². The highest BCUT2D eigenvalue weighted by Crippen LogP contribution is 2.28. The number of hydrogen-bond acceptors (Lipinski definition) is 4. The maximum atomic E-state index is 6.27. The summed E-state index contributed by atoms with van der Waals surface area (Å²) in [6, 6.07) is 1.55. The van der Waals surface area contributed by atoms with Gasteiger partial charge in [-0.1, -0.05) is 42.3 Å². The summed E-state index contributed by atoms with van der Waals surface area (Å²) in [6.45, 7) is 5.72. The smallest absolute Gasteiger partial charge is 0.0953 e. The first-order valence-corrected chi connectivity index (χ1v) is 7.35. The average Bonchev–Trinajstić information content (AvgIpc) is 2.85. The molecule has 0 spiro atoms. The zero-order valence-corrected chi connectivity index (χ0v) is 13.0. The highest BCUT2D eigenvalue weighted by molar-refractivity contribution is 6.34. The van der Waals surface area contributed by atoms with Crippen LogP contribution in [0.2, 0.25) is 10.0 Å². The van der Waals surface area contributed by atoms with Crippen molar-refractivity contribution in [2.75, 3.05) is 6.54 Å². The van der Waals surface area contributed by atoms with Gasteiger partial charge in [-0.2, -0.15) is 0 Å². The lowest BCUT2D eigenvalue weighted by Gasteiger charge is -2.19. The van der Waals surface area contributed by atoms with Gasteiger partial charge in [-0.15, -0.1) is 5.10 Å². The molecule has 0 bridgehead atoms.